The largest absolute Gasteiger partial charge is 0.480 e. The van der Waals surface area contributed by atoms with Crippen LogP contribution >= 0.6 is 23.2 Å². The van der Waals surface area contributed by atoms with Crippen LogP contribution in [0, 0.1) is 29.5 Å². The number of aliphatic carboxylic acids is 1. The molecule has 1 aliphatic heterocycles. The zero-order chi connectivity index (χ0) is 23.1. The molecule has 0 spiro atoms. The van der Waals surface area contributed by atoms with Crippen LogP contribution in [-0.2, 0) is 10.2 Å². The second-order valence-electron chi connectivity index (χ2n) is 9.36. The Hall–Kier alpha value is -2.13. The van der Waals surface area contributed by atoms with Crippen LogP contribution in [0.1, 0.15) is 49.8 Å². The number of hydrogen-bond donors (Lipinski definition) is 2. The maximum Gasteiger partial charge on any atom is 0.321 e. The molecule has 4 atom stereocenters. The molecule has 0 saturated carbocycles. The highest BCUT2D eigenvalue weighted by Crippen LogP contribution is 2.52. The Morgan fingerprint density at radius 3 is 2.52 bits per heavy atom. The minimum Gasteiger partial charge on any atom is -0.480 e. The van der Waals surface area contributed by atoms with Crippen LogP contribution in [0.4, 0.5) is 4.39 Å². The second-order valence-corrected chi connectivity index (χ2v) is 10.2. The van der Waals surface area contributed by atoms with Crippen molar-refractivity contribution in [2.75, 3.05) is 0 Å². The number of nitrogens with zero attached hydrogens (tertiary/aromatic N) is 1. The number of nitriles is 1. The molecular weight excluding hydrogens is 438 g/mol. The smallest absolute Gasteiger partial charge is 0.321 e. The molecule has 7 heteroatoms. The van der Waals surface area contributed by atoms with E-state index in [0.29, 0.717) is 17.0 Å². The Labute approximate surface area is 192 Å². The summed E-state index contributed by atoms with van der Waals surface area (Å²) in [4.78, 5) is 12.3. The van der Waals surface area contributed by atoms with Gasteiger partial charge in [-0.15, -0.1) is 0 Å². The van der Waals surface area contributed by atoms with Crippen molar-refractivity contribution in [3.63, 3.8) is 0 Å². The van der Waals surface area contributed by atoms with Crippen molar-refractivity contribution in [2.24, 2.45) is 5.41 Å². The van der Waals surface area contributed by atoms with Gasteiger partial charge in [-0.3, -0.25) is 10.1 Å². The van der Waals surface area contributed by atoms with Gasteiger partial charge in [-0.05, 0) is 53.6 Å². The van der Waals surface area contributed by atoms with Crippen molar-refractivity contribution < 1.29 is 14.3 Å². The Morgan fingerprint density at radius 1 is 1.29 bits per heavy atom. The normalized spacial score (nSPS) is 25.9. The summed E-state index contributed by atoms with van der Waals surface area (Å²) in [6.07, 6.45) is 0.505. The molecular formula is C24H25Cl2FN2O2. The minimum atomic E-state index is -1.35. The first-order chi connectivity index (χ1) is 14.4. The molecule has 164 valence electrons. The van der Waals surface area contributed by atoms with E-state index in [-0.39, 0.29) is 16.0 Å². The predicted molar refractivity (Wildman–Crippen MR) is 120 cm³/mol. The van der Waals surface area contributed by atoms with Gasteiger partial charge in [-0.1, -0.05) is 62.2 Å². The van der Waals surface area contributed by atoms with E-state index in [4.69, 9.17) is 23.2 Å². The molecule has 0 bridgehead atoms. The average Bonchev–Trinajstić information content (AvgIpc) is 2.97. The monoisotopic (exact) mass is 462 g/mol. The summed E-state index contributed by atoms with van der Waals surface area (Å²) in [5, 5.41) is 24.3. The molecule has 2 aromatic carbocycles. The standard InChI is InChI=1S/C24H25Cl2FN2O2/c1-13-10-14(25)8-9-16(13)24(12-28)18(11-23(2,3)4)29-21(22(30)31)19(24)15-6-5-7-17(26)20(15)27/h5-10,18-19,21,29H,11H2,1-4H3,(H,30,31)/t18-,19?,21+,24?/m0/s1. The first kappa shape index (κ1) is 23.5. The fourth-order valence-corrected chi connectivity index (χ4v) is 5.22. The van der Waals surface area contributed by atoms with E-state index in [0.717, 1.165) is 5.56 Å². The van der Waals surface area contributed by atoms with E-state index in [2.05, 4.69) is 11.4 Å². The molecule has 31 heavy (non-hydrogen) atoms. The van der Waals surface area contributed by atoms with E-state index >= 15 is 4.39 Å². The van der Waals surface area contributed by atoms with Crippen LogP contribution in [0.25, 0.3) is 0 Å². The molecule has 2 N–H and O–H groups in total. The van der Waals surface area contributed by atoms with Crippen molar-refractivity contribution in [1.82, 2.24) is 5.32 Å². The zero-order valence-corrected chi connectivity index (χ0v) is 19.4. The summed E-state index contributed by atoms with van der Waals surface area (Å²) in [7, 11) is 0. The number of carboxylic acid groups (broad SMARTS) is 1. The van der Waals surface area contributed by atoms with E-state index in [1.807, 2.05) is 27.7 Å². The lowest BCUT2D eigenvalue weighted by molar-refractivity contribution is -0.139. The Morgan fingerprint density at radius 2 is 1.97 bits per heavy atom. The van der Waals surface area contributed by atoms with Gasteiger partial charge >= 0.3 is 5.97 Å². The number of benzene rings is 2. The van der Waals surface area contributed by atoms with Gasteiger partial charge in [0.05, 0.1) is 11.1 Å². The maximum atomic E-state index is 15.2. The molecule has 0 aliphatic carbocycles. The molecule has 1 saturated heterocycles. The molecule has 0 aromatic heterocycles. The van der Waals surface area contributed by atoms with Gasteiger partial charge in [0, 0.05) is 17.0 Å². The summed E-state index contributed by atoms with van der Waals surface area (Å²) < 4.78 is 15.2. The maximum absolute atomic E-state index is 15.2. The quantitative estimate of drug-likeness (QED) is 0.597. The summed E-state index contributed by atoms with van der Waals surface area (Å²) >= 11 is 12.2. The first-order valence-corrected chi connectivity index (χ1v) is 10.8. The van der Waals surface area contributed by atoms with Gasteiger partial charge < -0.3 is 5.11 Å². The Kier molecular flexibility index (Phi) is 6.40. The van der Waals surface area contributed by atoms with E-state index in [1.54, 1.807) is 24.3 Å². The number of carbonyl (C=O) groups is 1. The minimum absolute atomic E-state index is 0.111. The highest BCUT2D eigenvalue weighted by atomic mass is 35.5. The van der Waals surface area contributed by atoms with Crippen LogP contribution in [0.3, 0.4) is 0 Å². The van der Waals surface area contributed by atoms with Crippen LogP contribution in [0.15, 0.2) is 36.4 Å². The van der Waals surface area contributed by atoms with Gasteiger partial charge in [-0.2, -0.15) is 5.26 Å². The molecule has 4 nitrogen and oxygen atoms in total. The van der Waals surface area contributed by atoms with Crippen molar-refractivity contribution in [3.8, 4) is 6.07 Å². The number of halogens is 3. The molecule has 2 unspecified atom stereocenters. The molecule has 0 amide bonds. The van der Waals surface area contributed by atoms with Crippen molar-refractivity contribution >= 4 is 29.2 Å². The molecule has 3 rings (SSSR count). The van der Waals surface area contributed by atoms with E-state index in [1.165, 1.54) is 12.1 Å². The highest BCUT2D eigenvalue weighted by Gasteiger charge is 2.60. The summed E-state index contributed by atoms with van der Waals surface area (Å²) in [5.74, 6) is -2.85. The molecule has 2 aromatic rings. The summed E-state index contributed by atoms with van der Waals surface area (Å²) in [6.45, 7) is 7.89. The van der Waals surface area contributed by atoms with Crippen LogP contribution in [-0.4, -0.2) is 23.2 Å². The number of hydrogen-bond acceptors (Lipinski definition) is 3. The lowest BCUT2D eigenvalue weighted by atomic mass is 9.62. The number of rotatable bonds is 4. The lowest BCUT2D eigenvalue weighted by Gasteiger charge is -2.38. The molecule has 1 heterocycles. The van der Waals surface area contributed by atoms with Crippen LogP contribution in [0.2, 0.25) is 10.0 Å². The lowest BCUT2D eigenvalue weighted by Crippen LogP contribution is -2.44. The fourth-order valence-electron chi connectivity index (χ4n) is 4.81. The van der Waals surface area contributed by atoms with E-state index < -0.39 is 35.2 Å². The highest BCUT2D eigenvalue weighted by molar-refractivity contribution is 6.31. The zero-order valence-electron chi connectivity index (χ0n) is 17.8. The first-order valence-electron chi connectivity index (χ1n) is 10.0. The van der Waals surface area contributed by atoms with E-state index in [9.17, 15) is 15.2 Å². The molecule has 0 radical (unpaired) electrons. The number of aryl methyl sites for hydroxylation is 1. The summed E-state index contributed by atoms with van der Waals surface area (Å²) in [5.41, 5.74) is -0.0798. The van der Waals surface area contributed by atoms with Crippen molar-refractivity contribution in [1.29, 1.82) is 5.26 Å². The van der Waals surface area contributed by atoms with Crippen molar-refractivity contribution in [3.05, 3.63) is 69.0 Å². The average molecular weight is 463 g/mol. The summed E-state index contributed by atoms with van der Waals surface area (Å²) in [6, 6.07) is 10.4. The van der Waals surface area contributed by atoms with Gasteiger partial charge in [-0.25, -0.2) is 4.39 Å². The molecule has 1 aliphatic rings. The number of carboxylic acids is 1. The Balaban J connectivity index is 2.38. The number of nitrogens with one attached hydrogen (secondary N) is 1. The van der Waals surface area contributed by atoms with Gasteiger partial charge in [0.25, 0.3) is 0 Å². The molecule has 1 fully saturated rings. The second kappa shape index (κ2) is 8.43. The topological polar surface area (TPSA) is 73.1 Å². The third-order valence-corrected chi connectivity index (χ3v) is 6.50. The van der Waals surface area contributed by atoms with Gasteiger partial charge in [0.15, 0.2) is 0 Å². The van der Waals surface area contributed by atoms with Gasteiger partial charge in [0.1, 0.15) is 17.3 Å². The van der Waals surface area contributed by atoms with Crippen LogP contribution in [0.5, 0.6) is 0 Å². The van der Waals surface area contributed by atoms with Gasteiger partial charge in [0.2, 0.25) is 0 Å². The van der Waals surface area contributed by atoms with Crippen molar-refractivity contribution in [2.45, 2.75) is 57.5 Å². The third kappa shape index (κ3) is 4.17. The fraction of sp³-hybridized carbons (Fsp3) is 0.417. The third-order valence-electron chi connectivity index (χ3n) is 5.97. The van der Waals surface area contributed by atoms with Crippen LogP contribution < -0.4 is 5.32 Å². The predicted octanol–water partition coefficient (Wildman–Crippen LogP) is 5.85. The Bertz CT molecular complexity index is 1060. The SMILES string of the molecule is Cc1cc(Cl)ccc1C1(C#N)C(c2cccc(Cl)c2F)[C@H](C(=O)O)N[C@H]1CC(C)(C)C.